The normalized spacial score (nSPS) is 11.6. The fourth-order valence-electron chi connectivity index (χ4n) is 7.13. The molecule has 0 spiro atoms. The van der Waals surface area contributed by atoms with Gasteiger partial charge in [-0.05, 0) is 74.8 Å². The van der Waals surface area contributed by atoms with Gasteiger partial charge in [0.1, 0.15) is 6.33 Å². The van der Waals surface area contributed by atoms with Crippen LogP contribution in [-0.2, 0) is 0 Å². The largest absolute Gasteiger partial charge is 0.235 e. The lowest BCUT2D eigenvalue weighted by Gasteiger charge is -2.09. The summed E-state index contributed by atoms with van der Waals surface area (Å²) in [5, 5.41) is 3.81. The van der Waals surface area contributed by atoms with Gasteiger partial charge in [0.25, 0.3) is 0 Å². The van der Waals surface area contributed by atoms with E-state index in [1.165, 1.54) is 69.4 Å². The SMILES string of the molecule is c1ccc(-c2ccc(-c3ccc4sc5c(-c6cccc(-c7cccc(-c8cccc9c8sc8ccccc89)c7)c6)ncnc5c4c3)cc2)cc1. The number of thiophene rings is 2. The minimum atomic E-state index is 0.970. The number of nitrogens with zero attached hydrogens (tertiary/aromatic N) is 2. The van der Waals surface area contributed by atoms with Crippen LogP contribution in [0, 0.1) is 0 Å². The molecule has 7 aromatic carbocycles. The first-order valence-corrected chi connectivity index (χ1v) is 18.3. The average Bonchev–Trinajstić information content (AvgIpc) is 3.77. The first-order valence-electron chi connectivity index (χ1n) is 16.7. The van der Waals surface area contributed by atoms with E-state index in [4.69, 9.17) is 9.97 Å². The maximum atomic E-state index is 4.85. The Kier molecular flexibility index (Phi) is 6.90. The minimum Gasteiger partial charge on any atom is -0.235 e. The lowest BCUT2D eigenvalue weighted by Crippen LogP contribution is -1.88. The standard InChI is InChI=1S/C46H28N2S2/c1-2-9-29(10-3-1)30-19-21-31(22-20-30)34-23-24-42-40(27-34)44-46(50-42)43(47-28-48-44)36-14-7-12-33(26-36)32-11-6-13-35(25-32)37-16-8-17-39-38-15-4-5-18-41(38)49-45(37)39/h1-28H. The fourth-order valence-corrected chi connectivity index (χ4v) is 9.52. The second kappa shape index (κ2) is 11.9. The zero-order chi connectivity index (χ0) is 33.0. The predicted molar refractivity (Wildman–Crippen MR) is 215 cm³/mol. The molecule has 0 atom stereocenters. The molecule has 0 bridgehead atoms. The number of aromatic nitrogens is 2. The van der Waals surface area contributed by atoms with Gasteiger partial charge in [-0.25, -0.2) is 9.97 Å². The van der Waals surface area contributed by atoms with E-state index in [9.17, 15) is 0 Å². The Morgan fingerprint density at radius 3 is 1.74 bits per heavy atom. The summed E-state index contributed by atoms with van der Waals surface area (Å²) in [5.74, 6) is 0. The van der Waals surface area contributed by atoms with Crippen molar-refractivity contribution in [2.75, 3.05) is 0 Å². The molecule has 3 heterocycles. The third-order valence-corrected chi connectivity index (χ3v) is 12.0. The van der Waals surface area contributed by atoms with Crippen molar-refractivity contribution >= 4 is 63.1 Å². The Hall–Kier alpha value is -5.94. The van der Waals surface area contributed by atoms with E-state index in [-0.39, 0.29) is 0 Å². The first kappa shape index (κ1) is 29.0. The highest BCUT2D eigenvalue weighted by Crippen LogP contribution is 2.42. The summed E-state index contributed by atoms with van der Waals surface area (Å²) in [6, 6.07) is 59.1. The van der Waals surface area contributed by atoms with E-state index in [2.05, 4.69) is 164 Å². The van der Waals surface area contributed by atoms with Crippen LogP contribution in [0.15, 0.2) is 170 Å². The van der Waals surface area contributed by atoms with Crippen LogP contribution in [-0.4, -0.2) is 9.97 Å². The monoisotopic (exact) mass is 672 g/mol. The molecule has 4 heteroatoms. The lowest BCUT2D eigenvalue weighted by molar-refractivity contribution is 1.24. The second-order valence-electron chi connectivity index (χ2n) is 12.6. The molecule has 234 valence electrons. The lowest BCUT2D eigenvalue weighted by atomic mass is 9.96. The number of hydrogen-bond donors (Lipinski definition) is 0. The molecule has 0 radical (unpaired) electrons. The molecular weight excluding hydrogens is 645 g/mol. The van der Waals surface area contributed by atoms with Crippen molar-refractivity contribution in [3.63, 3.8) is 0 Å². The molecule has 50 heavy (non-hydrogen) atoms. The van der Waals surface area contributed by atoms with Crippen LogP contribution in [0.4, 0.5) is 0 Å². The topological polar surface area (TPSA) is 25.8 Å². The summed E-state index contributed by atoms with van der Waals surface area (Å²) >= 11 is 3.64. The van der Waals surface area contributed by atoms with Crippen molar-refractivity contribution in [1.82, 2.24) is 9.97 Å². The van der Waals surface area contributed by atoms with Crippen molar-refractivity contribution in [1.29, 1.82) is 0 Å². The Morgan fingerprint density at radius 2 is 0.900 bits per heavy atom. The molecule has 0 saturated heterocycles. The van der Waals surface area contributed by atoms with Gasteiger partial charge in [0.15, 0.2) is 0 Å². The average molecular weight is 673 g/mol. The van der Waals surface area contributed by atoms with Gasteiger partial charge in [-0.2, -0.15) is 0 Å². The molecule has 10 aromatic rings. The predicted octanol–water partition coefficient (Wildman–Crippen LogP) is 13.5. The van der Waals surface area contributed by atoms with Gasteiger partial charge >= 0.3 is 0 Å². The quantitative estimate of drug-likeness (QED) is 0.182. The van der Waals surface area contributed by atoms with Gasteiger partial charge in [-0.3, -0.25) is 0 Å². The fraction of sp³-hybridized carbons (Fsp3) is 0. The van der Waals surface area contributed by atoms with Gasteiger partial charge in [-0.15, -0.1) is 22.7 Å². The number of hydrogen-bond acceptors (Lipinski definition) is 4. The molecule has 10 rings (SSSR count). The van der Waals surface area contributed by atoms with Crippen LogP contribution < -0.4 is 0 Å². The summed E-state index contributed by atoms with van der Waals surface area (Å²) in [5.41, 5.74) is 12.7. The first-order chi connectivity index (χ1) is 24.8. The van der Waals surface area contributed by atoms with E-state index in [1.54, 1.807) is 17.7 Å². The zero-order valence-electron chi connectivity index (χ0n) is 26.9. The molecule has 0 aliphatic rings. The number of benzene rings is 7. The van der Waals surface area contributed by atoms with E-state index < -0.39 is 0 Å². The number of fused-ring (bicyclic) bond motifs is 6. The van der Waals surface area contributed by atoms with Gasteiger partial charge in [0.2, 0.25) is 0 Å². The summed E-state index contributed by atoms with van der Waals surface area (Å²) in [6.45, 7) is 0. The summed E-state index contributed by atoms with van der Waals surface area (Å²) in [4.78, 5) is 9.66. The van der Waals surface area contributed by atoms with Crippen LogP contribution in [0.1, 0.15) is 0 Å². The molecule has 0 N–H and O–H groups in total. The maximum absolute atomic E-state index is 4.85. The van der Waals surface area contributed by atoms with Crippen molar-refractivity contribution in [2.45, 2.75) is 0 Å². The smallest absolute Gasteiger partial charge is 0.116 e. The third-order valence-electron chi connectivity index (χ3n) is 9.62. The molecule has 0 unspecified atom stereocenters. The van der Waals surface area contributed by atoms with Crippen molar-refractivity contribution in [3.8, 4) is 55.8 Å². The van der Waals surface area contributed by atoms with Gasteiger partial charge in [0.05, 0.1) is 15.9 Å². The van der Waals surface area contributed by atoms with E-state index in [0.717, 1.165) is 26.9 Å². The van der Waals surface area contributed by atoms with Crippen LogP contribution in [0.5, 0.6) is 0 Å². The van der Waals surface area contributed by atoms with Crippen LogP contribution in [0.3, 0.4) is 0 Å². The molecule has 0 amide bonds. The summed E-state index contributed by atoms with van der Waals surface area (Å²) < 4.78 is 4.98. The Bertz CT molecular complexity index is 2860. The molecule has 0 saturated carbocycles. The van der Waals surface area contributed by atoms with E-state index in [0.29, 0.717) is 0 Å². The van der Waals surface area contributed by atoms with Crippen LogP contribution in [0.25, 0.3) is 96.2 Å². The second-order valence-corrected chi connectivity index (χ2v) is 14.7. The Morgan fingerprint density at radius 1 is 0.340 bits per heavy atom. The van der Waals surface area contributed by atoms with Gasteiger partial charge < -0.3 is 0 Å². The highest BCUT2D eigenvalue weighted by Gasteiger charge is 2.16. The Labute approximate surface area is 297 Å². The molecule has 2 nitrogen and oxygen atoms in total. The zero-order valence-corrected chi connectivity index (χ0v) is 28.5. The molecular formula is C46H28N2S2. The van der Waals surface area contributed by atoms with E-state index in [1.807, 2.05) is 11.3 Å². The van der Waals surface area contributed by atoms with Gasteiger partial charge in [-0.1, -0.05) is 133 Å². The Balaban J connectivity index is 1.01. The van der Waals surface area contributed by atoms with Crippen molar-refractivity contribution < 1.29 is 0 Å². The molecule has 3 aromatic heterocycles. The molecule has 0 aliphatic heterocycles. The minimum absolute atomic E-state index is 0.970. The molecule has 0 fully saturated rings. The van der Waals surface area contributed by atoms with Crippen molar-refractivity contribution in [3.05, 3.63) is 170 Å². The van der Waals surface area contributed by atoms with E-state index >= 15 is 0 Å². The summed E-state index contributed by atoms with van der Waals surface area (Å²) in [7, 11) is 0. The third kappa shape index (κ3) is 4.92. The van der Waals surface area contributed by atoms with Crippen LogP contribution in [0.2, 0.25) is 0 Å². The maximum Gasteiger partial charge on any atom is 0.116 e. The highest BCUT2D eigenvalue weighted by atomic mass is 32.1. The highest BCUT2D eigenvalue weighted by molar-refractivity contribution is 7.26. The molecule has 0 aliphatic carbocycles. The van der Waals surface area contributed by atoms with Crippen molar-refractivity contribution in [2.24, 2.45) is 0 Å². The van der Waals surface area contributed by atoms with Gasteiger partial charge in [0, 0.05) is 35.8 Å². The summed E-state index contributed by atoms with van der Waals surface area (Å²) in [6.07, 6.45) is 1.71. The van der Waals surface area contributed by atoms with Crippen LogP contribution >= 0.6 is 22.7 Å². The number of rotatable bonds is 5.